The highest BCUT2D eigenvalue weighted by Gasteiger charge is 2.32. The second-order valence-corrected chi connectivity index (χ2v) is 7.54. The number of ether oxygens (including phenoxy) is 1. The maximum absolute atomic E-state index is 11.5. The molecule has 0 aromatic carbocycles. The summed E-state index contributed by atoms with van der Waals surface area (Å²) in [4.78, 5) is 4.11. The average molecular weight is 284 g/mol. The Morgan fingerprint density at radius 1 is 1.42 bits per heavy atom. The van der Waals surface area contributed by atoms with Crippen molar-refractivity contribution in [2.75, 3.05) is 11.5 Å². The molecule has 0 radical (unpaired) electrons. The zero-order valence-corrected chi connectivity index (χ0v) is 12.1. The van der Waals surface area contributed by atoms with Crippen LogP contribution in [0.1, 0.15) is 31.9 Å². The lowest BCUT2D eigenvalue weighted by atomic mass is 9.94. The number of nitrogens with two attached hydrogens (primary N) is 1. The molecule has 0 saturated carbocycles. The maximum atomic E-state index is 11.5. The van der Waals surface area contributed by atoms with Crippen LogP contribution in [0, 0.1) is 5.92 Å². The summed E-state index contributed by atoms with van der Waals surface area (Å²) in [5.74, 6) is 1.05. The average Bonchev–Trinajstić information content (AvgIpc) is 2.68. The molecular formula is C13H20N2O3S. The first-order valence-corrected chi connectivity index (χ1v) is 8.27. The molecule has 19 heavy (non-hydrogen) atoms. The van der Waals surface area contributed by atoms with Gasteiger partial charge >= 0.3 is 0 Å². The second-order valence-electron chi connectivity index (χ2n) is 5.31. The molecular weight excluding hydrogens is 264 g/mol. The normalized spacial score (nSPS) is 23.5. The number of sulfone groups is 1. The summed E-state index contributed by atoms with van der Waals surface area (Å²) in [6, 6.07) is 1.54. The van der Waals surface area contributed by atoms with E-state index in [1.807, 2.05) is 19.9 Å². The fourth-order valence-electron chi connectivity index (χ4n) is 2.33. The molecule has 2 rings (SSSR count). The van der Waals surface area contributed by atoms with Gasteiger partial charge in [0.1, 0.15) is 5.75 Å². The van der Waals surface area contributed by atoms with Crippen molar-refractivity contribution >= 4 is 9.84 Å². The zero-order valence-electron chi connectivity index (χ0n) is 11.2. The molecule has 1 fully saturated rings. The number of aromatic nitrogens is 1. The molecule has 1 saturated heterocycles. The van der Waals surface area contributed by atoms with E-state index in [1.54, 1.807) is 12.4 Å². The molecule has 1 aliphatic heterocycles. The second kappa shape index (κ2) is 5.46. The summed E-state index contributed by atoms with van der Waals surface area (Å²) in [7, 11) is -2.91. The number of hydrogen-bond acceptors (Lipinski definition) is 5. The van der Waals surface area contributed by atoms with Gasteiger partial charge in [0.25, 0.3) is 0 Å². The lowest BCUT2D eigenvalue weighted by molar-refractivity contribution is 0.241. The van der Waals surface area contributed by atoms with E-state index in [2.05, 4.69) is 4.98 Å². The van der Waals surface area contributed by atoms with Crippen LogP contribution < -0.4 is 10.5 Å². The highest BCUT2D eigenvalue weighted by Crippen LogP contribution is 2.30. The van der Waals surface area contributed by atoms with Gasteiger partial charge in [0.2, 0.25) is 0 Å². The third-order valence-electron chi connectivity index (χ3n) is 3.27. The van der Waals surface area contributed by atoms with Gasteiger partial charge in [-0.25, -0.2) is 8.42 Å². The monoisotopic (exact) mass is 284 g/mol. The molecule has 0 amide bonds. The molecule has 2 N–H and O–H groups in total. The molecule has 0 spiro atoms. The smallest absolute Gasteiger partial charge is 0.150 e. The summed E-state index contributed by atoms with van der Waals surface area (Å²) >= 11 is 0. The first-order valence-electron chi connectivity index (χ1n) is 6.45. The van der Waals surface area contributed by atoms with Crippen molar-refractivity contribution in [3.63, 3.8) is 0 Å². The quantitative estimate of drug-likeness (QED) is 0.901. The van der Waals surface area contributed by atoms with Gasteiger partial charge in [0.15, 0.2) is 9.84 Å². The van der Waals surface area contributed by atoms with Gasteiger partial charge in [0, 0.05) is 12.2 Å². The predicted octanol–water partition coefficient (Wildman–Crippen LogP) is 1.30. The van der Waals surface area contributed by atoms with Crippen molar-refractivity contribution in [1.82, 2.24) is 4.98 Å². The summed E-state index contributed by atoms with van der Waals surface area (Å²) in [5, 5.41) is 0. The molecule has 1 aromatic rings. The van der Waals surface area contributed by atoms with E-state index in [-0.39, 0.29) is 29.6 Å². The van der Waals surface area contributed by atoms with Gasteiger partial charge in [-0.05, 0) is 37.8 Å². The number of pyridine rings is 1. The molecule has 0 aliphatic carbocycles. The Balaban J connectivity index is 2.13. The van der Waals surface area contributed by atoms with Crippen molar-refractivity contribution < 1.29 is 13.2 Å². The van der Waals surface area contributed by atoms with Crippen LogP contribution in [-0.4, -0.2) is 31.0 Å². The Morgan fingerprint density at radius 3 is 2.74 bits per heavy atom. The van der Waals surface area contributed by atoms with Crippen LogP contribution in [0.2, 0.25) is 0 Å². The number of hydrogen-bond donors (Lipinski definition) is 1. The van der Waals surface area contributed by atoms with Crippen molar-refractivity contribution in [2.24, 2.45) is 11.7 Å². The highest BCUT2D eigenvalue weighted by molar-refractivity contribution is 7.91. The molecule has 2 unspecified atom stereocenters. The van der Waals surface area contributed by atoms with E-state index < -0.39 is 9.84 Å². The molecule has 2 heterocycles. The first kappa shape index (κ1) is 14.3. The number of rotatable bonds is 4. The minimum atomic E-state index is -2.91. The Morgan fingerprint density at radius 2 is 2.16 bits per heavy atom. The lowest BCUT2D eigenvalue weighted by Gasteiger charge is -2.19. The highest BCUT2D eigenvalue weighted by atomic mass is 32.2. The van der Waals surface area contributed by atoms with Crippen molar-refractivity contribution in [2.45, 2.75) is 32.4 Å². The van der Waals surface area contributed by atoms with Gasteiger partial charge in [-0.15, -0.1) is 0 Å². The third kappa shape index (κ3) is 3.67. The lowest BCUT2D eigenvalue weighted by Crippen LogP contribution is -2.22. The Kier molecular flexibility index (Phi) is 4.10. The van der Waals surface area contributed by atoms with Gasteiger partial charge in [-0.1, -0.05) is 0 Å². The number of nitrogens with zero attached hydrogens (tertiary/aromatic N) is 1. The topological polar surface area (TPSA) is 82.3 Å². The van der Waals surface area contributed by atoms with Gasteiger partial charge in [-0.2, -0.15) is 0 Å². The van der Waals surface area contributed by atoms with E-state index in [4.69, 9.17) is 10.5 Å². The van der Waals surface area contributed by atoms with Gasteiger partial charge in [0.05, 0.1) is 23.8 Å². The van der Waals surface area contributed by atoms with Crippen LogP contribution in [0.15, 0.2) is 18.5 Å². The van der Waals surface area contributed by atoms with Crippen molar-refractivity contribution in [3.8, 4) is 5.75 Å². The minimum Gasteiger partial charge on any atom is -0.489 e. The Hall–Kier alpha value is -1.14. The van der Waals surface area contributed by atoms with Crippen LogP contribution >= 0.6 is 0 Å². The summed E-state index contributed by atoms with van der Waals surface area (Å²) < 4.78 is 28.6. The van der Waals surface area contributed by atoms with Crippen LogP contribution in [0.4, 0.5) is 0 Å². The van der Waals surface area contributed by atoms with Crippen LogP contribution in [0.3, 0.4) is 0 Å². The van der Waals surface area contributed by atoms with E-state index in [9.17, 15) is 8.42 Å². The van der Waals surface area contributed by atoms with Crippen molar-refractivity contribution in [3.05, 3.63) is 24.0 Å². The SMILES string of the molecule is CC(C)Oc1cncc(C(N)C2CCS(=O)(=O)C2)c1. The van der Waals surface area contributed by atoms with Crippen LogP contribution in [-0.2, 0) is 9.84 Å². The molecule has 1 aliphatic rings. The minimum absolute atomic E-state index is 0.0268. The Bertz CT molecular complexity index is 543. The van der Waals surface area contributed by atoms with E-state index in [0.717, 1.165) is 5.56 Å². The standard InChI is InChI=1S/C13H20N2O3S/c1-9(2)18-12-5-11(6-15-7-12)13(14)10-3-4-19(16,17)8-10/h5-7,9-10,13H,3-4,8,14H2,1-2H3. The van der Waals surface area contributed by atoms with Crippen LogP contribution in [0.25, 0.3) is 0 Å². The molecule has 0 bridgehead atoms. The van der Waals surface area contributed by atoms with E-state index in [0.29, 0.717) is 12.2 Å². The summed E-state index contributed by atoms with van der Waals surface area (Å²) in [6.45, 7) is 3.88. The first-order chi connectivity index (χ1) is 8.87. The van der Waals surface area contributed by atoms with Crippen molar-refractivity contribution in [1.29, 1.82) is 0 Å². The molecule has 6 heteroatoms. The van der Waals surface area contributed by atoms with E-state index >= 15 is 0 Å². The fourth-order valence-corrected chi connectivity index (χ4v) is 4.19. The molecule has 2 atom stereocenters. The predicted molar refractivity (Wildman–Crippen MR) is 73.7 cm³/mol. The zero-order chi connectivity index (χ0) is 14.0. The van der Waals surface area contributed by atoms with Crippen LogP contribution in [0.5, 0.6) is 5.75 Å². The fraction of sp³-hybridized carbons (Fsp3) is 0.615. The summed E-state index contributed by atoms with van der Waals surface area (Å²) in [6.07, 6.45) is 4.02. The van der Waals surface area contributed by atoms with E-state index in [1.165, 1.54) is 0 Å². The third-order valence-corrected chi connectivity index (χ3v) is 5.06. The molecule has 5 nitrogen and oxygen atoms in total. The summed E-state index contributed by atoms with van der Waals surface area (Å²) in [5.41, 5.74) is 6.99. The largest absolute Gasteiger partial charge is 0.489 e. The Labute approximate surface area is 114 Å². The molecule has 1 aromatic heterocycles. The maximum Gasteiger partial charge on any atom is 0.150 e. The van der Waals surface area contributed by atoms with Gasteiger partial charge in [-0.3, -0.25) is 4.98 Å². The molecule has 106 valence electrons. The van der Waals surface area contributed by atoms with Gasteiger partial charge < -0.3 is 10.5 Å².